The summed E-state index contributed by atoms with van der Waals surface area (Å²) in [5.41, 5.74) is 3.38. The van der Waals surface area contributed by atoms with E-state index in [-0.39, 0.29) is 22.9 Å². The second-order valence-corrected chi connectivity index (χ2v) is 11.6. The Balaban J connectivity index is 1.52. The van der Waals surface area contributed by atoms with E-state index in [1.54, 1.807) is 49.5 Å². The number of nitrogens with zero attached hydrogens (tertiary/aromatic N) is 2. The maximum absolute atomic E-state index is 13.9. The number of aryl methyl sites for hydroxylation is 2. The summed E-state index contributed by atoms with van der Waals surface area (Å²) in [7, 11) is -2.79. The van der Waals surface area contributed by atoms with Gasteiger partial charge in [0.1, 0.15) is 17.2 Å². The number of benzene rings is 3. The van der Waals surface area contributed by atoms with Crippen molar-refractivity contribution in [2.45, 2.75) is 18.7 Å². The van der Waals surface area contributed by atoms with Gasteiger partial charge in [-0.2, -0.15) is 0 Å². The molecule has 1 aromatic heterocycles. The predicted octanol–water partition coefficient (Wildman–Crippen LogP) is 5.59. The van der Waals surface area contributed by atoms with Crippen LogP contribution in [0.5, 0.6) is 5.75 Å². The van der Waals surface area contributed by atoms with Crippen LogP contribution in [-0.2, 0) is 14.8 Å². The van der Waals surface area contributed by atoms with Gasteiger partial charge in [0.05, 0.1) is 18.3 Å². The molecule has 0 unspecified atom stereocenters. The Morgan fingerprint density at radius 3 is 2.54 bits per heavy atom. The summed E-state index contributed by atoms with van der Waals surface area (Å²) in [5.74, 6) is -0.297. The van der Waals surface area contributed by atoms with Crippen molar-refractivity contribution in [1.82, 2.24) is 10.3 Å². The minimum absolute atomic E-state index is 0.0409. The molecule has 0 aliphatic carbocycles. The molecule has 3 aromatic carbocycles. The fourth-order valence-electron chi connectivity index (χ4n) is 4.02. The molecule has 0 fully saturated rings. The molecule has 0 saturated carbocycles. The Bertz CT molecular complexity index is 1630. The van der Waals surface area contributed by atoms with E-state index in [0.29, 0.717) is 16.6 Å². The lowest BCUT2D eigenvalue weighted by Crippen LogP contribution is -2.42. The molecule has 2 N–H and O–H groups in total. The number of pyridine rings is 1. The van der Waals surface area contributed by atoms with Gasteiger partial charge in [-0.1, -0.05) is 35.3 Å². The lowest BCUT2D eigenvalue weighted by Gasteiger charge is -2.25. The van der Waals surface area contributed by atoms with Crippen LogP contribution in [0, 0.1) is 13.8 Å². The maximum Gasteiger partial charge on any atom is 0.268 e. The van der Waals surface area contributed by atoms with Gasteiger partial charge in [-0.15, -0.1) is 0 Å². The van der Waals surface area contributed by atoms with Crippen LogP contribution in [0.1, 0.15) is 11.1 Å². The van der Waals surface area contributed by atoms with Crippen molar-refractivity contribution >= 4 is 61.4 Å². The number of halogens is 2. The van der Waals surface area contributed by atoms with E-state index in [0.717, 1.165) is 32.0 Å². The first kappa shape index (κ1) is 28.5. The van der Waals surface area contributed by atoms with Crippen molar-refractivity contribution in [2.24, 2.45) is 0 Å². The molecule has 39 heavy (non-hydrogen) atoms. The van der Waals surface area contributed by atoms with Crippen LogP contribution in [0.3, 0.4) is 0 Å². The average molecular weight is 588 g/mol. The Labute approximate surface area is 238 Å². The fourth-order valence-corrected chi connectivity index (χ4v) is 6.01. The molecule has 11 heteroatoms. The van der Waals surface area contributed by atoms with Crippen molar-refractivity contribution in [1.29, 1.82) is 0 Å². The highest BCUT2D eigenvalue weighted by atomic mass is 35.5. The Kier molecular flexibility index (Phi) is 8.84. The minimum Gasteiger partial charge on any atom is -0.495 e. The number of ether oxygens (including phenoxy) is 1. The van der Waals surface area contributed by atoms with Crippen molar-refractivity contribution in [3.8, 4) is 5.75 Å². The van der Waals surface area contributed by atoms with Gasteiger partial charge >= 0.3 is 0 Å². The smallest absolute Gasteiger partial charge is 0.268 e. The van der Waals surface area contributed by atoms with Gasteiger partial charge in [0.25, 0.3) is 10.0 Å². The number of sulfonamides is 1. The molecule has 4 aromatic rings. The van der Waals surface area contributed by atoms with Crippen molar-refractivity contribution in [3.05, 3.63) is 88.0 Å². The monoisotopic (exact) mass is 586 g/mol. The zero-order valence-corrected chi connectivity index (χ0v) is 24.0. The molecule has 8 nitrogen and oxygen atoms in total. The van der Waals surface area contributed by atoms with Crippen LogP contribution >= 0.6 is 23.2 Å². The van der Waals surface area contributed by atoms with Gasteiger partial charge < -0.3 is 15.4 Å². The largest absolute Gasteiger partial charge is 0.495 e. The number of carbonyl (C=O) groups is 1. The zero-order chi connectivity index (χ0) is 28.2. The number of fused-ring (bicyclic) bond motifs is 1. The summed E-state index contributed by atoms with van der Waals surface area (Å²) in [6.45, 7) is 3.81. The molecular formula is C28H28Cl2N4O4S. The van der Waals surface area contributed by atoms with Gasteiger partial charge in [-0.3, -0.25) is 14.1 Å². The summed E-state index contributed by atoms with van der Waals surface area (Å²) < 4.78 is 34.1. The molecule has 0 spiro atoms. The number of amides is 1. The van der Waals surface area contributed by atoms with E-state index in [4.69, 9.17) is 27.9 Å². The second kappa shape index (κ2) is 12.1. The third-order valence-electron chi connectivity index (χ3n) is 6.09. The van der Waals surface area contributed by atoms with E-state index in [2.05, 4.69) is 15.6 Å². The fraction of sp³-hybridized carbons (Fsp3) is 0.214. The minimum atomic E-state index is -4.19. The van der Waals surface area contributed by atoms with Crippen LogP contribution in [0.25, 0.3) is 10.9 Å². The molecule has 4 rings (SSSR count). The molecule has 0 atom stereocenters. The summed E-state index contributed by atoms with van der Waals surface area (Å²) in [4.78, 5) is 17.3. The number of nitrogens with one attached hydrogen (secondary N) is 2. The van der Waals surface area contributed by atoms with Crippen LogP contribution in [0.2, 0.25) is 10.0 Å². The van der Waals surface area contributed by atoms with E-state index in [1.807, 2.05) is 19.1 Å². The van der Waals surface area contributed by atoms with E-state index < -0.39 is 22.5 Å². The van der Waals surface area contributed by atoms with Gasteiger partial charge in [0.15, 0.2) is 0 Å². The first-order chi connectivity index (χ1) is 18.6. The molecule has 0 saturated heterocycles. The molecule has 0 aliphatic rings. The summed E-state index contributed by atoms with van der Waals surface area (Å²) >= 11 is 12.4. The van der Waals surface area contributed by atoms with Gasteiger partial charge in [0, 0.05) is 40.4 Å². The topological polar surface area (TPSA) is 101 Å². The molecule has 1 amide bonds. The molecule has 0 bridgehead atoms. The van der Waals surface area contributed by atoms with Crippen molar-refractivity contribution < 1.29 is 17.9 Å². The van der Waals surface area contributed by atoms with Crippen LogP contribution in [-0.4, -0.2) is 46.1 Å². The number of rotatable bonds is 10. The number of aromatic nitrogens is 1. The summed E-state index contributed by atoms with van der Waals surface area (Å²) in [5, 5.41) is 7.95. The van der Waals surface area contributed by atoms with Gasteiger partial charge in [-0.05, 0) is 73.5 Å². The van der Waals surface area contributed by atoms with Crippen molar-refractivity contribution in [3.63, 3.8) is 0 Å². The Morgan fingerprint density at radius 1 is 1.00 bits per heavy atom. The van der Waals surface area contributed by atoms with E-state index in [9.17, 15) is 13.2 Å². The molecular weight excluding hydrogens is 559 g/mol. The maximum atomic E-state index is 13.9. The van der Waals surface area contributed by atoms with Crippen LogP contribution in [0.15, 0.2) is 71.8 Å². The van der Waals surface area contributed by atoms with Gasteiger partial charge in [0.2, 0.25) is 5.91 Å². The number of hydrogen-bond donors (Lipinski definition) is 2. The molecule has 204 valence electrons. The quantitative estimate of drug-likeness (QED) is 0.235. The summed E-state index contributed by atoms with van der Waals surface area (Å²) in [6, 6.07) is 17.0. The molecule has 0 radical (unpaired) electrons. The number of hydrogen-bond acceptors (Lipinski definition) is 6. The second-order valence-electron chi connectivity index (χ2n) is 8.90. The number of anilines is 2. The van der Waals surface area contributed by atoms with Crippen LogP contribution < -0.4 is 19.7 Å². The zero-order valence-electron chi connectivity index (χ0n) is 21.7. The lowest BCUT2D eigenvalue weighted by molar-refractivity contribution is -0.119. The summed E-state index contributed by atoms with van der Waals surface area (Å²) in [6.07, 6.45) is 1.68. The SMILES string of the molecule is COc1ccc(C)cc1S(=O)(=O)N(CC(=O)NCCNc1ccnc2cc(Cl)ccc12)c1ccc(C)c(Cl)c1. The highest BCUT2D eigenvalue weighted by Gasteiger charge is 2.30. The number of methoxy groups -OCH3 is 1. The van der Waals surface area contributed by atoms with Crippen LogP contribution in [0.4, 0.5) is 11.4 Å². The third-order valence-corrected chi connectivity index (χ3v) is 8.52. The van der Waals surface area contributed by atoms with E-state index in [1.165, 1.54) is 19.2 Å². The predicted molar refractivity (Wildman–Crippen MR) is 157 cm³/mol. The third kappa shape index (κ3) is 6.55. The highest BCUT2D eigenvalue weighted by Crippen LogP contribution is 2.32. The molecule has 1 heterocycles. The first-order valence-corrected chi connectivity index (χ1v) is 14.3. The average Bonchev–Trinajstić information content (AvgIpc) is 2.91. The van der Waals surface area contributed by atoms with Crippen molar-refractivity contribution in [2.75, 3.05) is 36.4 Å². The normalized spacial score (nSPS) is 11.3. The Hall–Kier alpha value is -3.53. The Morgan fingerprint density at radius 2 is 1.79 bits per heavy atom. The van der Waals surface area contributed by atoms with Gasteiger partial charge in [-0.25, -0.2) is 8.42 Å². The van der Waals surface area contributed by atoms with E-state index >= 15 is 0 Å². The lowest BCUT2D eigenvalue weighted by atomic mass is 10.2. The molecule has 0 aliphatic heterocycles. The number of carbonyl (C=O) groups excluding carboxylic acids is 1. The standard InChI is InChI=1S/C28H28Cl2N4O4S/c1-18-4-9-26(38-3)27(14-18)39(36,37)34(21-7-5-19(2)23(30)16-21)17-28(35)33-13-12-32-24-10-11-31-25-15-20(29)6-8-22(24)25/h4-11,14-16H,12-13,17H2,1-3H3,(H,31,32)(H,33,35). The first-order valence-electron chi connectivity index (χ1n) is 12.1. The highest BCUT2D eigenvalue weighted by molar-refractivity contribution is 7.93.